The Morgan fingerprint density at radius 3 is 1.89 bits per heavy atom. The lowest BCUT2D eigenvalue weighted by atomic mass is 9.95. The number of hydrogen-bond donors (Lipinski definition) is 1. The first-order valence-corrected chi connectivity index (χ1v) is 9.78. The molecule has 0 atom stereocenters. The fraction of sp³-hybridized carbons (Fsp3) is 0.0500. The Hall–Kier alpha value is -3.52. The Bertz CT molecular complexity index is 1210. The maximum absolute atomic E-state index is 13.1. The summed E-state index contributed by atoms with van der Waals surface area (Å²) in [5.41, 5.74) is 0.718. The number of rotatable bonds is 3. The van der Waals surface area contributed by atoms with Gasteiger partial charge < -0.3 is 5.32 Å². The summed E-state index contributed by atoms with van der Waals surface area (Å²) in [6.45, 7) is 1.33. The maximum atomic E-state index is 13.1. The third kappa shape index (κ3) is 2.66. The van der Waals surface area contributed by atoms with Gasteiger partial charge in [0.15, 0.2) is 0 Å². The summed E-state index contributed by atoms with van der Waals surface area (Å²) in [4.78, 5) is 36.7. The second-order valence-corrected chi connectivity index (χ2v) is 8.08. The number of nitrogens with zero attached hydrogens (tertiary/aromatic N) is 1. The molecule has 0 unspecified atom stereocenters. The van der Waals surface area contributed by atoms with Gasteiger partial charge in [-0.25, -0.2) is 8.42 Å². The van der Waals surface area contributed by atoms with Crippen LogP contribution in [0.2, 0.25) is 0 Å². The molecule has 8 heteroatoms. The van der Waals surface area contributed by atoms with Gasteiger partial charge >= 0.3 is 0 Å². The quantitative estimate of drug-likeness (QED) is 0.689. The van der Waals surface area contributed by atoms with E-state index >= 15 is 0 Å². The van der Waals surface area contributed by atoms with Gasteiger partial charge in [-0.05, 0) is 41.8 Å². The van der Waals surface area contributed by atoms with E-state index in [4.69, 9.17) is 0 Å². The molecule has 140 valence electrons. The zero-order valence-corrected chi connectivity index (χ0v) is 15.5. The SMILES string of the molecule is CC(=O)Nc1ccc(S(=O)(=O)N2C(=O)c3cccc4cccc(c34)C2=O)cc1. The molecule has 7 nitrogen and oxygen atoms in total. The smallest absolute Gasteiger partial charge is 0.275 e. The van der Waals surface area contributed by atoms with E-state index in [0.717, 1.165) is 0 Å². The van der Waals surface area contributed by atoms with Gasteiger partial charge in [0.05, 0.1) is 4.90 Å². The van der Waals surface area contributed by atoms with Crippen LogP contribution < -0.4 is 5.32 Å². The Balaban J connectivity index is 1.82. The van der Waals surface area contributed by atoms with Crippen molar-refractivity contribution in [1.82, 2.24) is 4.31 Å². The second-order valence-electron chi connectivity index (χ2n) is 6.29. The molecular formula is C20H14N2O5S. The normalized spacial score (nSPS) is 13.7. The lowest BCUT2D eigenvalue weighted by Gasteiger charge is -2.26. The van der Waals surface area contributed by atoms with Gasteiger partial charge in [-0.2, -0.15) is 4.31 Å². The van der Waals surface area contributed by atoms with Crippen LogP contribution in [0.25, 0.3) is 10.8 Å². The number of nitrogens with one attached hydrogen (secondary N) is 1. The van der Waals surface area contributed by atoms with E-state index < -0.39 is 21.8 Å². The van der Waals surface area contributed by atoms with E-state index in [2.05, 4.69) is 5.32 Å². The summed E-state index contributed by atoms with van der Waals surface area (Å²) in [7, 11) is -4.42. The highest BCUT2D eigenvalue weighted by Gasteiger charge is 2.41. The predicted octanol–water partition coefficient (Wildman–Crippen LogP) is 2.78. The highest BCUT2D eigenvalue weighted by atomic mass is 32.2. The van der Waals surface area contributed by atoms with Gasteiger partial charge in [0.2, 0.25) is 5.91 Å². The van der Waals surface area contributed by atoms with Crippen molar-refractivity contribution in [3.05, 3.63) is 71.8 Å². The minimum absolute atomic E-state index is 0.158. The molecule has 0 spiro atoms. The van der Waals surface area contributed by atoms with Crippen molar-refractivity contribution in [2.75, 3.05) is 5.32 Å². The monoisotopic (exact) mass is 394 g/mol. The molecule has 0 bridgehead atoms. The van der Waals surface area contributed by atoms with Crippen molar-refractivity contribution in [1.29, 1.82) is 0 Å². The van der Waals surface area contributed by atoms with Crippen LogP contribution in [0.5, 0.6) is 0 Å². The number of carbonyl (C=O) groups is 3. The topological polar surface area (TPSA) is 101 Å². The van der Waals surface area contributed by atoms with Crippen LogP contribution in [0.4, 0.5) is 5.69 Å². The molecule has 3 aromatic rings. The van der Waals surface area contributed by atoms with E-state index in [1.54, 1.807) is 24.3 Å². The molecule has 0 aromatic heterocycles. The minimum Gasteiger partial charge on any atom is -0.326 e. The van der Waals surface area contributed by atoms with Crippen molar-refractivity contribution in [2.45, 2.75) is 11.8 Å². The summed E-state index contributed by atoms with van der Waals surface area (Å²) in [6, 6.07) is 15.1. The summed E-state index contributed by atoms with van der Waals surface area (Å²) >= 11 is 0. The molecular weight excluding hydrogens is 380 g/mol. The first kappa shape index (κ1) is 17.9. The summed E-state index contributed by atoms with van der Waals surface area (Å²) in [6.07, 6.45) is 0. The van der Waals surface area contributed by atoms with E-state index in [9.17, 15) is 22.8 Å². The minimum atomic E-state index is -4.42. The maximum Gasteiger partial charge on any atom is 0.275 e. The fourth-order valence-corrected chi connectivity index (χ4v) is 4.57. The summed E-state index contributed by atoms with van der Waals surface area (Å²) in [5.74, 6) is -2.08. The number of carbonyl (C=O) groups excluding carboxylic acids is 3. The number of anilines is 1. The molecule has 1 N–H and O–H groups in total. The number of hydrogen-bond acceptors (Lipinski definition) is 5. The van der Waals surface area contributed by atoms with E-state index in [0.29, 0.717) is 20.8 Å². The number of benzene rings is 3. The molecule has 0 saturated heterocycles. The van der Waals surface area contributed by atoms with Gasteiger partial charge in [-0.3, -0.25) is 14.4 Å². The zero-order valence-electron chi connectivity index (χ0n) is 14.7. The van der Waals surface area contributed by atoms with E-state index in [1.807, 2.05) is 0 Å². The van der Waals surface area contributed by atoms with Crippen LogP contribution in [0, 0.1) is 0 Å². The van der Waals surface area contributed by atoms with Crippen LogP contribution in [-0.2, 0) is 14.8 Å². The second kappa shape index (κ2) is 6.28. The van der Waals surface area contributed by atoms with Gasteiger partial charge in [0.1, 0.15) is 0 Å². The fourth-order valence-electron chi connectivity index (χ4n) is 3.25. The molecule has 1 heterocycles. The molecule has 0 radical (unpaired) electrons. The van der Waals surface area contributed by atoms with Crippen molar-refractivity contribution in [2.24, 2.45) is 0 Å². The summed E-state index contributed by atoms with van der Waals surface area (Å²) < 4.78 is 26.4. The molecule has 0 aliphatic carbocycles. The lowest BCUT2D eigenvalue weighted by molar-refractivity contribution is -0.114. The average molecular weight is 394 g/mol. The first-order chi connectivity index (χ1) is 13.3. The standard InChI is InChI=1S/C20H14N2O5S/c1-12(23)21-14-8-10-15(11-9-14)28(26,27)22-19(24)16-6-2-4-13-5-3-7-17(18(13)16)20(22)25/h2-11H,1H3,(H,21,23). The Morgan fingerprint density at radius 2 is 1.39 bits per heavy atom. The van der Waals surface area contributed by atoms with Gasteiger partial charge in [0, 0.05) is 29.1 Å². The molecule has 0 saturated carbocycles. The third-order valence-electron chi connectivity index (χ3n) is 4.45. The number of sulfonamides is 1. The lowest BCUT2D eigenvalue weighted by Crippen LogP contribution is -2.44. The molecule has 1 aliphatic rings. The Kier molecular flexibility index (Phi) is 4.01. The Labute approximate surface area is 160 Å². The van der Waals surface area contributed by atoms with Gasteiger partial charge in [0.25, 0.3) is 21.8 Å². The van der Waals surface area contributed by atoms with Gasteiger partial charge in [-0.1, -0.05) is 24.3 Å². The van der Waals surface area contributed by atoms with E-state index in [-0.39, 0.29) is 21.9 Å². The summed E-state index contributed by atoms with van der Waals surface area (Å²) in [5, 5.41) is 3.67. The largest absolute Gasteiger partial charge is 0.326 e. The molecule has 1 aliphatic heterocycles. The number of imide groups is 1. The zero-order chi connectivity index (χ0) is 20.1. The van der Waals surface area contributed by atoms with Gasteiger partial charge in [-0.15, -0.1) is 0 Å². The van der Waals surface area contributed by atoms with E-state index in [1.165, 1.54) is 43.3 Å². The van der Waals surface area contributed by atoms with Crippen molar-refractivity contribution in [3.63, 3.8) is 0 Å². The predicted molar refractivity (Wildman–Crippen MR) is 102 cm³/mol. The molecule has 28 heavy (non-hydrogen) atoms. The molecule has 0 fully saturated rings. The van der Waals surface area contributed by atoms with Crippen LogP contribution in [0.1, 0.15) is 27.6 Å². The molecule has 4 rings (SSSR count). The third-order valence-corrected chi connectivity index (χ3v) is 6.13. The highest BCUT2D eigenvalue weighted by Crippen LogP contribution is 2.33. The Morgan fingerprint density at radius 1 is 0.857 bits per heavy atom. The highest BCUT2D eigenvalue weighted by molar-refractivity contribution is 7.90. The van der Waals surface area contributed by atoms with Crippen LogP contribution in [0.15, 0.2) is 65.6 Å². The molecule has 3 amide bonds. The van der Waals surface area contributed by atoms with Crippen molar-refractivity contribution >= 4 is 44.2 Å². The molecule has 3 aromatic carbocycles. The van der Waals surface area contributed by atoms with Crippen LogP contribution in [0.3, 0.4) is 0 Å². The van der Waals surface area contributed by atoms with Crippen molar-refractivity contribution < 1.29 is 22.8 Å². The van der Waals surface area contributed by atoms with Crippen molar-refractivity contribution in [3.8, 4) is 0 Å². The van der Waals surface area contributed by atoms with Crippen LogP contribution >= 0.6 is 0 Å². The average Bonchev–Trinajstić information content (AvgIpc) is 2.66. The first-order valence-electron chi connectivity index (χ1n) is 8.34. The van der Waals surface area contributed by atoms with Crippen LogP contribution in [-0.4, -0.2) is 30.4 Å². The number of amides is 3.